The predicted molar refractivity (Wildman–Crippen MR) is 94.8 cm³/mol. The summed E-state index contributed by atoms with van der Waals surface area (Å²) in [4.78, 5) is 0.955. The third-order valence-electron chi connectivity index (χ3n) is 4.44. The van der Waals surface area contributed by atoms with Crippen LogP contribution in [0.3, 0.4) is 0 Å². The Bertz CT molecular complexity index is 638. The molecule has 0 radical (unpaired) electrons. The van der Waals surface area contributed by atoms with E-state index in [0.29, 0.717) is 6.54 Å². The van der Waals surface area contributed by atoms with E-state index >= 15 is 0 Å². The molecule has 0 bridgehead atoms. The van der Waals surface area contributed by atoms with E-state index in [4.69, 9.17) is 5.73 Å². The first-order chi connectivity index (χ1) is 10.1. The lowest BCUT2D eigenvalue weighted by Crippen LogP contribution is -2.43. The van der Waals surface area contributed by atoms with Crippen molar-refractivity contribution in [2.24, 2.45) is 5.73 Å². The van der Waals surface area contributed by atoms with Crippen molar-refractivity contribution in [3.05, 3.63) is 54.6 Å². The van der Waals surface area contributed by atoms with Gasteiger partial charge in [0.25, 0.3) is 0 Å². The van der Waals surface area contributed by atoms with Crippen molar-refractivity contribution in [2.45, 2.75) is 30.8 Å². The van der Waals surface area contributed by atoms with E-state index < -0.39 is 6.10 Å². The Hall–Kier alpha value is -0.200. The van der Waals surface area contributed by atoms with Crippen molar-refractivity contribution in [1.29, 1.82) is 0 Å². The van der Waals surface area contributed by atoms with Crippen LogP contribution >= 0.6 is 43.2 Å². The Labute approximate surface area is 145 Å². The lowest BCUT2D eigenvalue weighted by Gasteiger charge is -2.41. The van der Waals surface area contributed by atoms with Gasteiger partial charge in [0, 0.05) is 21.3 Å². The second-order valence-electron chi connectivity index (χ2n) is 5.54. The molecule has 0 aliphatic heterocycles. The lowest BCUT2D eigenvalue weighted by molar-refractivity contribution is 0.0748. The SMILES string of the molecule is NCC1(C(O)c2cc(Br)c(Br)s2)CCCc2ccccc21. The Morgan fingerprint density at radius 2 is 2.10 bits per heavy atom. The van der Waals surface area contributed by atoms with Crippen LogP contribution in [-0.2, 0) is 11.8 Å². The van der Waals surface area contributed by atoms with E-state index in [0.717, 1.165) is 32.4 Å². The molecule has 5 heteroatoms. The number of aliphatic hydroxyl groups excluding tert-OH is 1. The maximum absolute atomic E-state index is 11.1. The largest absolute Gasteiger partial charge is 0.387 e. The zero-order chi connectivity index (χ0) is 15.0. The third kappa shape index (κ3) is 2.63. The maximum atomic E-state index is 11.1. The first-order valence-electron chi connectivity index (χ1n) is 7.00. The minimum Gasteiger partial charge on any atom is -0.387 e. The summed E-state index contributed by atoms with van der Waals surface area (Å²) >= 11 is 8.58. The molecule has 2 atom stereocenters. The lowest BCUT2D eigenvalue weighted by atomic mass is 9.66. The molecule has 0 saturated heterocycles. The summed E-state index contributed by atoms with van der Waals surface area (Å²) < 4.78 is 1.99. The highest BCUT2D eigenvalue weighted by molar-refractivity contribution is 9.13. The van der Waals surface area contributed by atoms with E-state index in [2.05, 4.69) is 50.1 Å². The maximum Gasteiger partial charge on any atom is 0.0991 e. The molecular formula is C16H17Br2NOS. The van der Waals surface area contributed by atoms with Crippen molar-refractivity contribution in [3.63, 3.8) is 0 Å². The quantitative estimate of drug-likeness (QED) is 0.750. The highest BCUT2D eigenvalue weighted by atomic mass is 79.9. The van der Waals surface area contributed by atoms with Crippen LogP contribution in [0.4, 0.5) is 0 Å². The monoisotopic (exact) mass is 429 g/mol. The van der Waals surface area contributed by atoms with Gasteiger partial charge in [-0.05, 0) is 68.3 Å². The molecular weight excluding hydrogens is 414 g/mol. The molecule has 2 nitrogen and oxygen atoms in total. The number of fused-ring (bicyclic) bond motifs is 1. The average molecular weight is 431 g/mol. The number of aryl methyl sites for hydroxylation is 1. The second kappa shape index (κ2) is 6.13. The fraction of sp³-hybridized carbons (Fsp3) is 0.375. The van der Waals surface area contributed by atoms with Crippen molar-refractivity contribution in [3.8, 4) is 0 Å². The summed E-state index contributed by atoms with van der Waals surface area (Å²) in [7, 11) is 0. The van der Waals surface area contributed by atoms with Gasteiger partial charge in [-0.15, -0.1) is 11.3 Å². The Balaban J connectivity index is 2.09. The standard InChI is InChI=1S/C16H17Br2NOS/c17-12-8-13(21-15(12)18)14(20)16(9-19)7-3-5-10-4-1-2-6-11(10)16/h1-2,4,6,8,14,20H,3,5,7,9,19H2. The number of benzene rings is 1. The Morgan fingerprint density at radius 1 is 1.33 bits per heavy atom. The van der Waals surface area contributed by atoms with Crippen LogP contribution in [0.5, 0.6) is 0 Å². The zero-order valence-corrected chi connectivity index (χ0v) is 15.5. The first kappa shape index (κ1) is 15.7. The van der Waals surface area contributed by atoms with Crippen LogP contribution in [0.25, 0.3) is 0 Å². The zero-order valence-electron chi connectivity index (χ0n) is 11.5. The van der Waals surface area contributed by atoms with Crippen LogP contribution < -0.4 is 5.73 Å². The summed E-state index contributed by atoms with van der Waals surface area (Å²) in [5.74, 6) is 0. The average Bonchev–Trinajstić information content (AvgIpc) is 2.85. The van der Waals surface area contributed by atoms with Crippen molar-refractivity contribution >= 4 is 43.2 Å². The van der Waals surface area contributed by atoms with Gasteiger partial charge in [-0.1, -0.05) is 24.3 Å². The van der Waals surface area contributed by atoms with Crippen molar-refractivity contribution < 1.29 is 5.11 Å². The Kier molecular flexibility index (Phi) is 4.58. The molecule has 3 rings (SSSR count). The van der Waals surface area contributed by atoms with Gasteiger partial charge in [-0.2, -0.15) is 0 Å². The Morgan fingerprint density at radius 3 is 2.76 bits per heavy atom. The summed E-state index contributed by atoms with van der Waals surface area (Å²) in [5.41, 5.74) is 8.32. The topological polar surface area (TPSA) is 46.2 Å². The van der Waals surface area contributed by atoms with Gasteiger partial charge in [-0.3, -0.25) is 0 Å². The van der Waals surface area contributed by atoms with Gasteiger partial charge in [0.2, 0.25) is 0 Å². The fourth-order valence-corrected chi connectivity index (χ4v) is 5.52. The summed E-state index contributed by atoms with van der Waals surface area (Å²) in [6, 6.07) is 10.4. The van der Waals surface area contributed by atoms with Gasteiger partial charge in [0.05, 0.1) is 9.89 Å². The van der Waals surface area contributed by atoms with E-state index in [1.165, 1.54) is 11.1 Å². The number of hydrogen-bond acceptors (Lipinski definition) is 3. The number of hydrogen-bond donors (Lipinski definition) is 2. The smallest absolute Gasteiger partial charge is 0.0991 e. The predicted octanol–water partition coefficient (Wildman–Crippen LogP) is 4.54. The molecule has 2 unspecified atom stereocenters. The number of nitrogens with two attached hydrogens (primary N) is 1. The summed E-state index contributed by atoms with van der Waals surface area (Å²) in [6.45, 7) is 0.457. The van der Waals surface area contributed by atoms with Gasteiger partial charge in [0.1, 0.15) is 0 Å². The van der Waals surface area contributed by atoms with Crippen LogP contribution in [0.2, 0.25) is 0 Å². The van der Waals surface area contributed by atoms with E-state index in [-0.39, 0.29) is 5.41 Å². The number of halogens is 2. The first-order valence-corrected chi connectivity index (χ1v) is 9.40. The minimum absolute atomic E-state index is 0.376. The van der Waals surface area contributed by atoms with Gasteiger partial charge in [-0.25, -0.2) is 0 Å². The molecule has 2 aromatic rings. The molecule has 1 aromatic carbocycles. The molecule has 1 aromatic heterocycles. The fourth-order valence-electron chi connectivity index (χ4n) is 3.33. The molecule has 1 heterocycles. The highest BCUT2D eigenvalue weighted by Crippen LogP contribution is 2.48. The molecule has 0 spiro atoms. The van der Waals surface area contributed by atoms with E-state index in [1.54, 1.807) is 11.3 Å². The minimum atomic E-state index is -0.573. The molecule has 21 heavy (non-hydrogen) atoms. The molecule has 0 saturated carbocycles. The summed E-state index contributed by atoms with van der Waals surface area (Å²) in [5, 5.41) is 11.1. The van der Waals surface area contributed by atoms with Crippen molar-refractivity contribution in [2.75, 3.05) is 6.54 Å². The number of aliphatic hydroxyl groups is 1. The van der Waals surface area contributed by atoms with E-state index in [9.17, 15) is 5.11 Å². The van der Waals surface area contributed by atoms with Crippen LogP contribution in [0.15, 0.2) is 38.6 Å². The molecule has 1 aliphatic carbocycles. The van der Waals surface area contributed by atoms with Crippen LogP contribution in [0.1, 0.15) is 34.9 Å². The van der Waals surface area contributed by atoms with Crippen LogP contribution in [0, 0.1) is 0 Å². The number of thiophene rings is 1. The second-order valence-corrected chi connectivity index (χ2v) is 8.80. The molecule has 0 fully saturated rings. The molecule has 0 amide bonds. The van der Waals surface area contributed by atoms with Gasteiger partial charge < -0.3 is 10.8 Å². The molecule has 1 aliphatic rings. The van der Waals surface area contributed by atoms with E-state index in [1.807, 2.05) is 12.1 Å². The summed E-state index contributed by atoms with van der Waals surface area (Å²) in [6.07, 6.45) is 2.49. The molecule has 3 N–H and O–H groups in total. The normalized spacial score (nSPS) is 22.9. The highest BCUT2D eigenvalue weighted by Gasteiger charge is 2.43. The van der Waals surface area contributed by atoms with Gasteiger partial charge >= 0.3 is 0 Å². The number of rotatable bonds is 3. The van der Waals surface area contributed by atoms with Crippen molar-refractivity contribution in [1.82, 2.24) is 0 Å². The molecule has 112 valence electrons. The van der Waals surface area contributed by atoms with Gasteiger partial charge in [0.15, 0.2) is 0 Å². The van der Waals surface area contributed by atoms with Crippen LogP contribution in [-0.4, -0.2) is 11.7 Å². The third-order valence-corrected chi connectivity index (χ3v) is 7.75.